The summed E-state index contributed by atoms with van der Waals surface area (Å²) in [5, 5.41) is 3.65. The Kier molecular flexibility index (Phi) is 15.1. The Labute approximate surface area is 237 Å². The minimum Gasteiger partial charge on any atom is -1.00 e. The van der Waals surface area contributed by atoms with Crippen LogP contribution in [0.15, 0.2) is 38.8 Å². The maximum atomic E-state index is 2.70. The van der Waals surface area contributed by atoms with E-state index in [0.717, 1.165) is 0 Å². The van der Waals surface area contributed by atoms with Crippen LogP contribution in [0.4, 0.5) is 0 Å². The van der Waals surface area contributed by atoms with Crippen LogP contribution in [-0.2, 0) is 20.4 Å². The summed E-state index contributed by atoms with van der Waals surface area (Å²) in [4.78, 5) is 0. The summed E-state index contributed by atoms with van der Waals surface area (Å²) >= 11 is 2.46. The molecule has 0 N–H and O–H groups in total. The normalized spacial score (nSPS) is 18.7. The van der Waals surface area contributed by atoms with E-state index < -0.39 is 16.1 Å². The second-order valence-corrected chi connectivity index (χ2v) is 21.6. The van der Waals surface area contributed by atoms with E-state index >= 15 is 0 Å². The summed E-state index contributed by atoms with van der Waals surface area (Å²) in [6, 6.07) is 10.6. The number of hydrogen-bond donors (Lipinski definition) is 0. The number of allylic oxidation sites excluding steroid dienone is 4. The van der Waals surface area contributed by atoms with Gasteiger partial charge in [-0.3, -0.25) is 0 Å². The first-order valence-corrected chi connectivity index (χ1v) is 18.8. The van der Waals surface area contributed by atoms with Gasteiger partial charge in [-0.2, -0.15) is 0 Å². The van der Waals surface area contributed by atoms with Gasteiger partial charge in [0.2, 0.25) is 0 Å². The predicted molar refractivity (Wildman–Crippen MR) is 138 cm³/mol. The fourth-order valence-corrected chi connectivity index (χ4v) is 15.6. The topological polar surface area (TPSA) is 0 Å². The molecular weight excluding hydrogens is 535 g/mol. The van der Waals surface area contributed by atoms with Crippen LogP contribution in [0.5, 0.6) is 0 Å². The van der Waals surface area contributed by atoms with Crippen LogP contribution in [0, 0.1) is 6.92 Å². The summed E-state index contributed by atoms with van der Waals surface area (Å²) in [6.07, 6.45) is 5.32. The van der Waals surface area contributed by atoms with Gasteiger partial charge in [0.1, 0.15) is 0 Å². The Balaban J connectivity index is 0. The van der Waals surface area contributed by atoms with Crippen LogP contribution in [0.25, 0.3) is 0 Å². The first kappa shape index (κ1) is 35.9. The van der Waals surface area contributed by atoms with E-state index in [-0.39, 0.29) is 42.3 Å². The molecule has 2 rings (SSSR count). The van der Waals surface area contributed by atoms with E-state index in [9.17, 15) is 0 Å². The second-order valence-electron chi connectivity index (χ2n) is 11.0. The van der Waals surface area contributed by atoms with Gasteiger partial charge in [0.05, 0.1) is 0 Å². The van der Waals surface area contributed by atoms with Crippen molar-refractivity contribution in [3.63, 3.8) is 0 Å². The average Bonchev–Trinajstić information content (AvgIpc) is 2.83. The standard InChI is InChI=1S/C27H45Si2.3ClH.Ti/c1-11-13-15-29(16-14-12-2,27(7)20-22(4)23(5)24(27)6)26-18-21(3)17-25(19-26)28(8,9)10;;;;/h17-19H,11-16H2,1-10H3;3*1H;/q;;;;+3/p-3. The summed E-state index contributed by atoms with van der Waals surface area (Å²) in [5.41, 5.74) is 6.29. The van der Waals surface area contributed by atoms with E-state index in [0.29, 0.717) is 0 Å². The molecule has 186 valence electrons. The molecule has 0 amide bonds. The van der Waals surface area contributed by atoms with Crippen LogP contribution in [0.2, 0.25) is 36.8 Å². The van der Waals surface area contributed by atoms with E-state index in [1.165, 1.54) is 43.3 Å². The van der Waals surface area contributed by atoms with Crippen molar-refractivity contribution >= 4 is 26.5 Å². The smallest absolute Gasteiger partial charge is 1.00 e. The van der Waals surface area contributed by atoms with Gasteiger partial charge < -0.3 is 37.2 Å². The third kappa shape index (κ3) is 6.73. The van der Waals surface area contributed by atoms with Crippen LogP contribution in [0.1, 0.15) is 72.8 Å². The molecule has 1 aliphatic carbocycles. The third-order valence-electron chi connectivity index (χ3n) is 8.12. The van der Waals surface area contributed by atoms with Gasteiger partial charge in [-0.15, -0.1) is 0 Å². The zero-order chi connectivity index (χ0) is 22.9. The first-order valence-electron chi connectivity index (χ1n) is 12.1. The van der Waals surface area contributed by atoms with Crippen LogP contribution >= 0.6 is 0 Å². The molecule has 0 fully saturated rings. The van der Waals surface area contributed by atoms with Gasteiger partial charge in [0.25, 0.3) is 0 Å². The molecule has 1 unspecified atom stereocenters. The van der Waals surface area contributed by atoms with Gasteiger partial charge >= 0.3 is 202 Å². The molecule has 0 aromatic heterocycles. The Morgan fingerprint density at radius 1 is 0.758 bits per heavy atom. The first-order chi connectivity index (χ1) is 13.9. The fourth-order valence-electron chi connectivity index (χ4n) is 5.66. The number of aryl methyl sites for hydroxylation is 1. The molecule has 6 heteroatoms. The van der Waals surface area contributed by atoms with Crippen LogP contribution < -0.4 is 47.6 Å². The molecule has 1 aliphatic rings. The fraction of sp³-hybridized carbons (Fsp3) is 0.630. The van der Waals surface area contributed by atoms with Crippen molar-refractivity contribution in [2.24, 2.45) is 0 Å². The quantitative estimate of drug-likeness (QED) is 0.321. The number of rotatable bonds is 9. The minimum atomic E-state index is -1.85. The Bertz CT molecular complexity index is 821. The van der Waals surface area contributed by atoms with Gasteiger partial charge in [-0.25, -0.2) is 0 Å². The van der Waals surface area contributed by atoms with Crippen molar-refractivity contribution in [3.8, 4) is 0 Å². The van der Waals surface area contributed by atoms with Crippen molar-refractivity contribution < 1.29 is 57.7 Å². The molecule has 1 atom stereocenters. The van der Waals surface area contributed by atoms with Crippen molar-refractivity contribution in [1.29, 1.82) is 0 Å². The van der Waals surface area contributed by atoms with Crippen molar-refractivity contribution in [2.45, 2.75) is 111 Å². The Morgan fingerprint density at radius 3 is 1.58 bits per heavy atom. The average molecular weight is 580 g/mol. The Morgan fingerprint density at radius 2 is 1.21 bits per heavy atom. The monoisotopic (exact) mass is 578 g/mol. The predicted octanol–water partition coefficient (Wildman–Crippen LogP) is -1.26. The van der Waals surface area contributed by atoms with Crippen molar-refractivity contribution in [1.82, 2.24) is 0 Å². The summed E-state index contributed by atoms with van der Waals surface area (Å²) in [7, 11) is -3.21. The SMILES string of the molecule is CCCC[Si](CCCC)(c1cc(C)cc([Si](C)(C)C)c1)C1(C)C(C)=C(C)C(C)=[C]1[Ti+3].[Cl-].[Cl-].[Cl-]. The molecular formula is C27H45Cl3Si2Ti. The Hall–Kier alpha value is 0.718. The minimum absolute atomic E-state index is 0. The maximum absolute atomic E-state index is 2.70. The summed E-state index contributed by atoms with van der Waals surface area (Å²) < 4.78 is 1.67. The molecule has 0 saturated heterocycles. The molecule has 0 aliphatic heterocycles. The molecule has 1 aromatic carbocycles. The molecule has 33 heavy (non-hydrogen) atoms. The van der Waals surface area contributed by atoms with Crippen LogP contribution in [-0.4, -0.2) is 16.1 Å². The number of benzene rings is 1. The van der Waals surface area contributed by atoms with Gasteiger partial charge in [-0.05, 0) is 0 Å². The third-order valence-corrected chi connectivity index (χ3v) is 18.2. The number of hydrogen-bond acceptors (Lipinski definition) is 0. The number of unbranched alkanes of at least 4 members (excludes halogenated alkanes) is 2. The maximum Gasteiger partial charge on any atom is -1.00 e. The van der Waals surface area contributed by atoms with E-state index in [1.54, 1.807) is 31.0 Å². The molecule has 0 radical (unpaired) electrons. The van der Waals surface area contributed by atoms with Crippen molar-refractivity contribution in [2.75, 3.05) is 0 Å². The zero-order valence-corrected chi connectivity index (χ0v) is 28.4. The zero-order valence-electron chi connectivity index (χ0n) is 22.6. The van der Waals surface area contributed by atoms with Gasteiger partial charge in [0, 0.05) is 0 Å². The van der Waals surface area contributed by atoms with Gasteiger partial charge in [0.15, 0.2) is 0 Å². The molecule has 0 heterocycles. The van der Waals surface area contributed by atoms with E-state index in [1.807, 2.05) is 0 Å². The molecule has 0 bridgehead atoms. The largest absolute Gasteiger partial charge is 1.00 e. The molecule has 0 nitrogen and oxygen atoms in total. The number of halogens is 3. The molecule has 1 aromatic rings. The molecule has 0 spiro atoms. The van der Waals surface area contributed by atoms with Crippen molar-refractivity contribution in [3.05, 3.63) is 44.4 Å². The summed E-state index contributed by atoms with van der Waals surface area (Å²) in [6.45, 7) is 24.5. The van der Waals surface area contributed by atoms with Gasteiger partial charge in [-0.1, -0.05) is 0 Å². The summed E-state index contributed by atoms with van der Waals surface area (Å²) in [5.74, 6) is 0. The molecule has 0 saturated carbocycles. The van der Waals surface area contributed by atoms with E-state index in [2.05, 4.69) is 107 Å². The second kappa shape index (κ2) is 13.9. The van der Waals surface area contributed by atoms with Crippen LogP contribution in [0.3, 0.4) is 0 Å². The van der Waals surface area contributed by atoms with E-state index in [4.69, 9.17) is 0 Å².